The van der Waals surface area contributed by atoms with Gasteiger partial charge in [0.25, 0.3) is 0 Å². The molecule has 128 valence electrons. The van der Waals surface area contributed by atoms with Gasteiger partial charge in [-0.05, 0) is 6.42 Å². The second-order valence-electron chi connectivity index (χ2n) is 6.79. The van der Waals surface area contributed by atoms with Crippen molar-refractivity contribution in [1.82, 2.24) is 19.8 Å². The first-order valence-electron chi connectivity index (χ1n) is 8.65. The molecule has 0 spiro atoms. The second kappa shape index (κ2) is 6.39. The highest BCUT2D eigenvalue weighted by Gasteiger charge is 2.29. The van der Waals surface area contributed by atoms with Gasteiger partial charge in [-0.25, -0.2) is 9.97 Å². The molecule has 2 fully saturated rings. The van der Waals surface area contributed by atoms with Crippen LogP contribution in [0.3, 0.4) is 0 Å². The minimum Gasteiger partial charge on any atom is -0.355 e. The minimum absolute atomic E-state index is 0.143. The number of hydrogen-bond donors (Lipinski definition) is 0. The number of anilines is 2. The predicted molar refractivity (Wildman–Crippen MR) is 93.2 cm³/mol. The number of hydrogen-bond acceptors (Lipinski definition) is 6. The second-order valence-corrected chi connectivity index (χ2v) is 6.79. The molecule has 7 heteroatoms. The molecule has 4 rings (SSSR count). The molecule has 4 heterocycles. The molecule has 1 aromatic rings. The van der Waals surface area contributed by atoms with Crippen LogP contribution < -0.4 is 9.80 Å². The normalized spacial score (nSPS) is 25.1. The van der Waals surface area contributed by atoms with E-state index in [4.69, 9.17) is 0 Å². The fourth-order valence-electron chi connectivity index (χ4n) is 3.68. The van der Waals surface area contributed by atoms with Crippen molar-refractivity contribution in [3.8, 4) is 0 Å². The molecule has 0 aromatic carbocycles. The van der Waals surface area contributed by atoms with Crippen LogP contribution in [0.5, 0.6) is 0 Å². The fourth-order valence-corrected chi connectivity index (χ4v) is 3.68. The summed E-state index contributed by atoms with van der Waals surface area (Å²) in [6.07, 6.45) is 7.29. The van der Waals surface area contributed by atoms with Gasteiger partial charge in [-0.2, -0.15) is 0 Å². The van der Waals surface area contributed by atoms with Crippen LogP contribution in [-0.2, 0) is 4.79 Å². The first-order chi connectivity index (χ1) is 11.7. The molecule has 0 N–H and O–H groups in total. The van der Waals surface area contributed by atoms with E-state index in [1.807, 2.05) is 18.0 Å². The average Bonchev–Trinajstić information content (AvgIpc) is 3.28. The summed E-state index contributed by atoms with van der Waals surface area (Å²) in [5.41, 5.74) is 0. The Bertz CT molecular complexity index is 640. The topological polar surface area (TPSA) is 55.8 Å². The van der Waals surface area contributed by atoms with Gasteiger partial charge >= 0.3 is 0 Å². The lowest BCUT2D eigenvalue weighted by atomic mass is 10.2. The molecule has 3 aliphatic rings. The Labute approximate surface area is 142 Å². The van der Waals surface area contributed by atoms with Crippen molar-refractivity contribution in [2.75, 3.05) is 62.7 Å². The third kappa shape index (κ3) is 2.96. The van der Waals surface area contributed by atoms with Crippen molar-refractivity contribution < 1.29 is 4.79 Å². The van der Waals surface area contributed by atoms with Crippen LogP contribution in [0.25, 0.3) is 0 Å². The summed E-state index contributed by atoms with van der Waals surface area (Å²) in [5.74, 6) is 1.97. The number of rotatable bonds is 3. The molecule has 1 amide bonds. The molecular weight excluding hydrogens is 304 g/mol. The van der Waals surface area contributed by atoms with Crippen LogP contribution in [0.15, 0.2) is 24.5 Å². The van der Waals surface area contributed by atoms with Crippen molar-refractivity contribution in [2.24, 2.45) is 0 Å². The Kier molecular flexibility index (Phi) is 4.10. The van der Waals surface area contributed by atoms with Gasteiger partial charge in [0.2, 0.25) is 5.91 Å². The van der Waals surface area contributed by atoms with Gasteiger partial charge in [0.05, 0.1) is 6.54 Å². The number of likely N-dealkylation sites (N-methyl/N-ethyl adjacent to an activating group) is 1. The van der Waals surface area contributed by atoms with Crippen LogP contribution in [-0.4, -0.2) is 84.6 Å². The van der Waals surface area contributed by atoms with Gasteiger partial charge in [0.15, 0.2) is 0 Å². The van der Waals surface area contributed by atoms with Gasteiger partial charge in [0, 0.05) is 58.4 Å². The number of carbonyl (C=O) groups excluding carboxylic acids is 1. The maximum Gasteiger partial charge on any atom is 0.241 e. The molecule has 3 aliphatic heterocycles. The Morgan fingerprint density at radius 3 is 2.54 bits per heavy atom. The Hall–Kier alpha value is -2.15. The van der Waals surface area contributed by atoms with E-state index in [2.05, 4.69) is 31.9 Å². The largest absolute Gasteiger partial charge is 0.355 e. The molecule has 0 saturated carbocycles. The maximum absolute atomic E-state index is 11.9. The summed E-state index contributed by atoms with van der Waals surface area (Å²) in [7, 11) is 1.85. The minimum atomic E-state index is 0.143. The number of piperazine rings is 1. The lowest BCUT2D eigenvalue weighted by Crippen LogP contribution is -2.48. The van der Waals surface area contributed by atoms with E-state index < -0.39 is 0 Å². The van der Waals surface area contributed by atoms with E-state index in [0.29, 0.717) is 12.6 Å². The van der Waals surface area contributed by atoms with Crippen LogP contribution in [0.2, 0.25) is 0 Å². The highest BCUT2D eigenvalue weighted by atomic mass is 16.2. The lowest BCUT2D eigenvalue weighted by Gasteiger charge is -2.33. The molecule has 0 bridgehead atoms. The summed E-state index contributed by atoms with van der Waals surface area (Å²) in [5, 5.41) is 0. The zero-order chi connectivity index (χ0) is 16.5. The Balaban J connectivity index is 1.44. The van der Waals surface area contributed by atoms with Gasteiger partial charge in [0.1, 0.15) is 18.0 Å². The zero-order valence-corrected chi connectivity index (χ0v) is 14.1. The molecule has 7 nitrogen and oxygen atoms in total. The Morgan fingerprint density at radius 1 is 1.04 bits per heavy atom. The molecule has 1 aromatic heterocycles. The summed E-state index contributed by atoms with van der Waals surface area (Å²) in [6, 6.07) is 2.63. The smallest absolute Gasteiger partial charge is 0.241 e. The van der Waals surface area contributed by atoms with Crippen LogP contribution >= 0.6 is 0 Å². The van der Waals surface area contributed by atoms with E-state index in [1.165, 1.54) is 6.42 Å². The van der Waals surface area contributed by atoms with Crippen LogP contribution in [0.1, 0.15) is 6.42 Å². The summed E-state index contributed by atoms with van der Waals surface area (Å²) >= 11 is 0. The van der Waals surface area contributed by atoms with Crippen molar-refractivity contribution >= 4 is 17.5 Å². The quantitative estimate of drug-likeness (QED) is 0.739. The summed E-state index contributed by atoms with van der Waals surface area (Å²) in [6.45, 7) is 6.13. The van der Waals surface area contributed by atoms with Gasteiger partial charge in [-0.1, -0.05) is 12.2 Å². The molecular formula is C17H24N6O. The van der Waals surface area contributed by atoms with E-state index in [1.54, 1.807) is 11.2 Å². The first-order valence-corrected chi connectivity index (χ1v) is 8.65. The molecule has 1 atom stereocenters. The van der Waals surface area contributed by atoms with Crippen molar-refractivity contribution in [1.29, 1.82) is 0 Å². The van der Waals surface area contributed by atoms with E-state index in [0.717, 1.165) is 50.9 Å². The maximum atomic E-state index is 11.9. The summed E-state index contributed by atoms with van der Waals surface area (Å²) in [4.78, 5) is 29.5. The molecule has 0 radical (unpaired) electrons. The average molecular weight is 328 g/mol. The van der Waals surface area contributed by atoms with Gasteiger partial charge in [-0.3, -0.25) is 9.69 Å². The van der Waals surface area contributed by atoms with Crippen molar-refractivity contribution in [3.63, 3.8) is 0 Å². The predicted octanol–water partition coefficient (Wildman–Crippen LogP) is 0.206. The third-order valence-corrected chi connectivity index (χ3v) is 5.27. The van der Waals surface area contributed by atoms with Crippen molar-refractivity contribution in [3.05, 3.63) is 24.5 Å². The SMILES string of the molecule is CN1CCN(c2cc(N3CCC(N4CC=CC4)C3)ncn2)CC1=O. The van der Waals surface area contributed by atoms with Crippen LogP contribution in [0.4, 0.5) is 11.6 Å². The van der Waals surface area contributed by atoms with Crippen molar-refractivity contribution in [2.45, 2.75) is 12.5 Å². The monoisotopic (exact) mass is 328 g/mol. The van der Waals surface area contributed by atoms with E-state index in [-0.39, 0.29) is 5.91 Å². The molecule has 1 unspecified atom stereocenters. The highest BCUT2D eigenvalue weighted by Crippen LogP contribution is 2.25. The van der Waals surface area contributed by atoms with Gasteiger partial charge < -0.3 is 14.7 Å². The van der Waals surface area contributed by atoms with Crippen LogP contribution in [0, 0.1) is 0 Å². The lowest BCUT2D eigenvalue weighted by molar-refractivity contribution is -0.129. The summed E-state index contributed by atoms with van der Waals surface area (Å²) < 4.78 is 0. The third-order valence-electron chi connectivity index (χ3n) is 5.27. The standard InChI is InChI=1S/C17H24N6O/c1-20-8-9-23(12-17(20)24)16-10-15(18-13-19-16)22-7-4-14(11-22)21-5-2-3-6-21/h2-3,10,13-14H,4-9,11-12H2,1H3. The molecule has 0 aliphatic carbocycles. The zero-order valence-electron chi connectivity index (χ0n) is 14.1. The number of aromatic nitrogens is 2. The molecule has 2 saturated heterocycles. The fraction of sp³-hybridized carbons (Fsp3) is 0.588. The highest BCUT2D eigenvalue weighted by molar-refractivity contribution is 5.82. The number of carbonyl (C=O) groups is 1. The molecule has 24 heavy (non-hydrogen) atoms. The number of nitrogens with zero attached hydrogens (tertiary/aromatic N) is 6. The Morgan fingerprint density at radius 2 is 1.79 bits per heavy atom. The van der Waals surface area contributed by atoms with E-state index in [9.17, 15) is 4.79 Å². The van der Waals surface area contributed by atoms with Gasteiger partial charge in [-0.15, -0.1) is 0 Å². The number of amides is 1. The van der Waals surface area contributed by atoms with E-state index >= 15 is 0 Å². The first kappa shape index (κ1) is 15.4.